The largest absolute Gasteiger partial charge is 0.331 e. The van der Waals surface area contributed by atoms with E-state index < -0.39 is 0 Å². The van der Waals surface area contributed by atoms with Crippen molar-refractivity contribution in [1.29, 1.82) is 0 Å². The van der Waals surface area contributed by atoms with Crippen molar-refractivity contribution >= 4 is 16.1 Å². The van der Waals surface area contributed by atoms with E-state index in [9.17, 15) is 0 Å². The highest BCUT2D eigenvalue weighted by Crippen LogP contribution is 2.12. The van der Waals surface area contributed by atoms with E-state index in [1.807, 2.05) is 0 Å². The fraction of sp³-hybridized carbons (Fsp3) is 1.00. The zero-order chi connectivity index (χ0) is 15.7. The minimum absolute atomic E-state index is 1.12. The molecule has 0 bridgehead atoms. The first-order valence-electron chi connectivity index (χ1n) is 8.58. The lowest BCUT2D eigenvalue weighted by molar-refractivity contribution is -0.870. The Kier molecular flexibility index (Phi) is 19.8. The van der Waals surface area contributed by atoms with E-state index >= 15 is 0 Å². The Hall–Kier alpha value is 0.400. The maximum absolute atomic E-state index is 4.31. The second-order valence-electron chi connectivity index (χ2n) is 6.90. The van der Waals surface area contributed by atoms with Crippen LogP contribution < -0.4 is 4.76 Å². The highest BCUT2D eigenvalue weighted by molar-refractivity contribution is 9.07. The number of nitrogens with two attached hydrogens (primary N) is 1. The van der Waals surface area contributed by atoms with Gasteiger partial charge in [-0.15, -0.1) is 0 Å². The summed E-state index contributed by atoms with van der Waals surface area (Å²) in [6.45, 7) is 3.62. The van der Waals surface area contributed by atoms with Crippen LogP contribution in [-0.4, -0.2) is 32.2 Å². The lowest BCUT2D eigenvalue weighted by Gasteiger charge is -2.23. The first kappa shape index (κ1) is 22.7. The molecule has 2 nitrogen and oxygen atoms in total. The summed E-state index contributed by atoms with van der Waals surface area (Å²) < 4.78 is 5.44. The highest BCUT2D eigenvalue weighted by atomic mass is 79.9. The molecule has 0 aliphatic heterocycles. The van der Waals surface area contributed by atoms with Gasteiger partial charge in [-0.05, 0) is 12.8 Å². The van der Waals surface area contributed by atoms with Gasteiger partial charge in [0.2, 0.25) is 0 Å². The number of quaternary nitrogens is 1. The molecule has 0 aliphatic rings. The van der Waals surface area contributed by atoms with Gasteiger partial charge in [-0.25, -0.2) is 0 Å². The Bertz CT molecular complexity index is 167. The van der Waals surface area contributed by atoms with Gasteiger partial charge in [0, 0.05) is 16.1 Å². The van der Waals surface area contributed by atoms with Crippen LogP contribution in [0.3, 0.4) is 0 Å². The molecule has 0 rings (SSSR count). The van der Waals surface area contributed by atoms with Crippen molar-refractivity contribution in [2.75, 3.05) is 27.7 Å². The number of nitrogens with zero attached hydrogens (tertiary/aromatic N) is 1. The Morgan fingerprint density at radius 2 is 0.900 bits per heavy atom. The van der Waals surface area contributed by atoms with Crippen molar-refractivity contribution in [2.45, 2.75) is 84.0 Å². The molecule has 0 aromatic heterocycles. The molecule has 0 saturated carbocycles. The number of unbranched alkanes of at least 4 members (excludes halogenated alkanes) is 11. The van der Waals surface area contributed by atoms with Crippen molar-refractivity contribution in [3.8, 4) is 0 Å². The van der Waals surface area contributed by atoms with Crippen LogP contribution in [0, 0.1) is 0 Å². The highest BCUT2D eigenvalue weighted by Gasteiger charge is 2.04. The van der Waals surface area contributed by atoms with Gasteiger partial charge in [-0.3, -0.25) is 4.76 Å². The predicted molar refractivity (Wildman–Crippen MR) is 97.1 cm³/mol. The van der Waals surface area contributed by atoms with Crippen LogP contribution in [-0.2, 0) is 0 Å². The van der Waals surface area contributed by atoms with Crippen LogP contribution in [0.15, 0.2) is 0 Å². The van der Waals surface area contributed by atoms with Crippen molar-refractivity contribution in [2.24, 2.45) is 4.76 Å². The van der Waals surface area contributed by atoms with E-state index in [0.717, 1.165) is 4.48 Å². The zero-order valence-electron chi connectivity index (χ0n) is 14.6. The molecule has 0 atom stereocenters. The summed E-state index contributed by atoms with van der Waals surface area (Å²) in [4.78, 5) is 0. The monoisotopic (exact) mass is 351 g/mol. The van der Waals surface area contributed by atoms with E-state index in [0.29, 0.717) is 0 Å². The van der Waals surface area contributed by atoms with Crippen LogP contribution in [0.2, 0.25) is 0 Å². The van der Waals surface area contributed by atoms with E-state index in [-0.39, 0.29) is 0 Å². The van der Waals surface area contributed by atoms with Crippen LogP contribution in [0.5, 0.6) is 0 Å². The third-order valence-electron chi connectivity index (χ3n) is 3.68. The summed E-state index contributed by atoms with van der Waals surface area (Å²) in [5.41, 5.74) is 0. The molecule has 0 aliphatic carbocycles. The summed E-state index contributed by atoms with van der Waals surface area (Å²) in [5.74, 6) is 0. The van der Waals surface area contributed by atoms with Crippen molar-refractivity contribution < 1.29 is 4.48 Å². The molecule has 0 unspecified atom stereocenters. The van der Waals surface area contributed by atoms with Crippen LogP contribution in [0.1, 0.15) is 84.0 Å². The third-order valence-corrected chi connectivity index (χ3v) is 3.68. The van der Waals surface area contributed by atoms with Gasteiger partial charge in [0.15, 0.2) is 0 Å². The molecule has 0 aromatic carbocycles. The fourth-order valence-corrected chi connectivity index (χ4v) is 2.43. The molecule has 20 heavy (non-hydrogen) atoms. The van der Waals surface area contributed by atoms with Gasteiger partial charge in [0.1, 0.15) is 0 Å². The summed E-state index contributed by atoms with van der Waals surface area (Å²) in [5, 5.41) is 0. The first-order valence-corrected chi connectivity index (χ1v) is 9.50. The maximum Gasteiger partial charge on any atom is 0.0780 e. The topological polar surface area (TPSA) is 26.0 Å². The second-order valence-corrected chi connectivity index (χ2v) is 6.90. The molecule has 0 saturated heterocycles. The van der Waals surface area contributed by atoms with Crippen LogP contribution in [0.25, 0.3) is 0 Å². The van der Waals surface area contributed by atoms with Crippen molar-refractivity contribution in [1.82, 2.24) is 0 Å². The lowest BCUT2D eigenvalue weighted by atomic mass is 10.1. The molecule has 0 amide bonds. The first-order chi connectivity index (χ1) is 9.56. The molecule has 0 heterocycles. The number of hydrogen-bond acceptors (Lipinski definition) is 1. The van der Waals surface area contributed by atoms with Gasteiger partial charge < -0.3 is 4.48 Å². The summed E-state index contributed by atoms with van der Waals surface area (Å²) in [7, 11) is 6.87. The minimum atomic E-state index is 1.12. The molecule has 3 heteroatoms. The Morgan fingerprint density at radius 1 is 0.600 bits per heavy atom. The average Bonchev–Trinajstić information content (AvgIpc) is 2.41. The van der Waals surface area contributed by atoms with Crippen LogP contribution in [0.4, 0.5) is 0 Å². The molecule has 0 spiro atoms. The fourth-order valence-electron chi connectivity index (χ4n) is 2.43. The Morgan fingerprint density at radius 3 is 1.20 bits per heavy atom. The molecule has 0 fully saturated rings. The Labute approximate surface area is 137 Å². The van der Waals surface area contributed by atoms with E-state index in [4.69, 9.17) is 0 Å². The lowest BCUT2D eigenvalue weighted by Crippen LogP contribution is -2.35. The second kappa shape index (κ2) is 17.5. The normalized spacial score (nSPS) is 11.1. The number of hydrogen-bond donors (Lipinski definition) is 1. The Balaban J connectivity index is 0. The van der Waals surface area contributed by atoms with Gasteiger partial charge in [0.25, 0.3) is 0 Å². The average molecular weight is 352 g/mol. The molecule has 0 radical (unpaired) electrons. The number of halogens is 1. The van der Waals surface area contributed by atoms with E-state index in [1.165, 1.54) is 83.6 Å². The minimum Gasteiger partial charge on any atom is -0.331 e. The van der Waals surface area contributed by atoms with Gasteiger partial charge in [0.05, 0.1) is 27.7 Å². The van der Waals surface area contributed by atoms with E-state index in [2.05, 4.69) is 49.0 Å². The standard InChI is InChI=1S/C17H38N.BrH2N/c1-5-6-7-8-9-10-11-12-13-14-15-16-17-18(2,3)4;1-2/h5-17H2,1-4H3;2H2/q+1;. The van der Waals surface area contributed by atoms with Gasteiger partial charge in [-0.1, -0.05) is 71.1 Å². The van der Waals surface area contributed by atoms with Crippen molar-refractivity contribution in [3.05, 3.63) is 0 Å². The molecule has 124 valence electrons. The zero-order valence-corrected chi connectivity index (χ0v) is 16.2. The molecule has 2 N–H and O–H groups in total. The smallest absolute Gasteiger partial charge is 0.0780 e. The maximum atomic E-state index is 4.31. The van der Waals surface area contributed by atoms with Gasteiger partial charge >= 0.3 is 0 Å². The van der Waals surface area contributed by atoms with Gasteiger partial charge in [-0.2, -0.15) is 0 Å². The summed E-state index contributed by atoms with van der Waals surface area (Å²) in [6, 6.07) is 0. The summed E-state index contributed by atoms with van der Waals surface area (Å²) in [6.07, 6.45) is 17.4. The van der Waals surface area contributed by atoms with Crippen LogP contribution >= 0.6 is 16.1 Å². The molecule has 0 aromatic rings. The summed E-state index contributed by atoms with van der Waals surface area (Å²) >= 11 is 2.44. The molecular formula is C17H40BrN2+. The molecular weight excluding hydrogens is 312 g/mol. The predicted octanol–water partition coefficient (Wildman–Crippen LogP) is 5.65. The van der Waals surface area contributed by atoms with Crippen molar-refractivity contribution in [3.63, 3.8) is 0 Å². The van der Waals surface area contributed by atoms with E-state index in [1.54, 1.807) is 0 Å². The quantitative estimate of drug-likeness (QED) is 0.259. The third kappa shape index (κ3) is 23.5. The number of rotatable bonds is 13. The SMILES string of the molecule is CCCCCCCCCCCCCC[N+](C)(C)C.NBr.